The number of thiol groups is 1. The van der Waals surface area contributed by atoms with Gasteiger partial charge < -0.3 is 4.90 Å². The molecule has 2 rings (SSSR count). The van der Waals surface area contributed by atoms with Gasteiger partial charge in [0.25, 0.3) is 0 Å². The van der Waals surface area contributed by atoms with Crippen molar-refractivity contribution < 1.29 is 0 Å². The SMILES string of the molecule is C[C@H]1CN(C2CCN(S)CC2)CCN1C. The highest BCUT2D eigenvalue weighted by molar-refractivity contribution is 7.77. The Kier molecular flexibility index (Phi) is 3.93. The predicted octanol–water partition coefficient (Wildman–Crippen LogP) is 0.931. The lowest BCUT2D eigenvalue weighted by Gasteiger charge is -2.44. The van der Waals surface area contributed by atoms with E-state index in [1.54, 1.807) is 0 Å². The zero-order chi connectivity index (χ0) is 10.8. The predicted molar refractivity (Wildman–Crippen MR) is 67.2 cm³/mol. The van der Waals surface area contributed by atoms with E-state index < -0.39 is 0 Å². The fourth-order valence-electron chi connectivity index (χ4n) is 2.63. The number of rotatable bonds is 1. The Balaban J connectivity index is 1.84. The molecule has 0 unspecified atom stereocenters. The van der Waals surface area contributed by atoms with Crippen molar-refractivity contribution in [3.8, 4) is 0 Å². The average Bonchev–Trinajstić information content (AvgIpc) is 2.23. The van der Waals surface area contributed by atoms with E-state index in [4.69, 9.17) is 0 Å². The fourth-order valence-corrected chi connectivity index (χ4v) is 2.86. The van der Waals surface area contributed by atoms with Gasteiger partial charge in [0.15, 0.2) is 0 Å². The van der Waals surface area contributed by atoms with E-state index in [0.29, 0.717) is 6.04 Å². The summed E-state index contributed by atoms with van der Waals surface area (Å²) in [6, 6.07) is 1.53. The van der Waals surface area contributed by atoms with Crippen LogP contribution in [0.15, 0.2) is 0 Å². The highest BCUT2D eigenvalue weighted by Gasteiger charge is 2.28. The number of hydrogen-bond donors (Lipinski definition) is 1. The smallest absolute Gasteiger partial charge is 0.0192 e. The fraction of sp³-hybridized carbons (Fsp3) is 1.00. The summed E-state index contributed by atoms with van der Waals surface area (Å²) in [6.07, 6.45) is 2.58. The third-order valence-electron chi connectivity index (χ3n) is 3.95. The Morgan fingerprint density at radius 1 is 1.07 bits per heavy atom. The van der Waals surface area contributed by atoms with Gasteiger partial charge in [-0.25, -0.2) is 0 Å². The quantitative estimate of drug-likeness (QED) is 0.671. The van der Waals surface area contributed by atoms with Crippen LogP contribution < -0.4 is 0 Å². The molecule has 4 heteroatoms. The van der Waals surface area contributed by atoms with Gasteiger partial charge in [0.2, 0.25) is 0 Å². The monoisotopic (exact) mass is 229 g/mol. The van der Waals surface area contributed by atoms with Crippen LogP contribution in [0.1, 0.15) is 19.8 Å². The summed E-state index contributed by atoms with van der Waals surface area (Å²) in [7, 11) is 2.23. The lowest BCUT2D eigenvalue weighted by Crippen LogP contribution is -2.55. The molecule has 2 fully saturated rings. The molecular weight excluding hydrogens is 206 g/mol. The summed E-state index contributed by atoms with van der Waals surface area (Å²) in [5.74, 6) is 0. The van der Waals surface area contributed by atoms with Gasteiger partial charge in [0.1, 0.15) is 0 Å². The molecule has 15 heavy (non-hydrogen) atoms. The minimum Gasteiger partial charge on any atom is -0.301 e. The zero-order valence-corrected chi connectivity index (χ0v) is 10.8. The molecule has 0 radical (unpaired) electrons. The first kappa shape index (κ1) is 11.7. The van der Waals surface area contributed by atoms with Crippen LogP contribution in [0, 0.1) is 0 Å². The molecule has 2 saturated heterocycles. The molecule has 0 N–H and O–H groups in total. The van der Waals surface area contributed by atoms with Gasteiger partial charge >= 0.3 is 0 Å². The lowest BCUT2D eigenvalue weighted by atomic mass is 10.0. The molecule has 0 amide bonds. The molecule has 0 spiro atoms. The van der Waals surface area contributed by atoms with Crippen molar-refractivity contribution in [3.63, 3.8) is 0 Å². The lowest BCUT2D eigenvalue weighted by molar-refractivity contribution is 0.0538. The molecule has 88 valence electrons. The Hall–Kier alpha value is 0.230. The van der Waals surface area contributed by atoms with Gasteiger partial charge in [-0.15, -0.1) is 0 Å². The first-order valence-corrected chi connectivity index (χ1v) is 6.45. The molecule has 2 aliphatic rings. The van der Waals surface area contributed by atoms with Crippen molar-refractivity contribution in [3.05, 3.63) is 0 Å². The van der Waals surface area contributed by atoms with Crippen molar-refractivity contribution in [1.82, 2.24) is 14.1 Å². The van der Waals surface area contributed by atoms with Gasteiger partial charge in [-0.3, -0.25) is 9.21 Å². The summed E-state index contributed by atoms with van der Waals surface area (Å²) >= 11 is 4.40. The van der Waals surface area contributed by atoms with Crippen LogP contribution in [-0.4, -0.2) is 66.0 Å². The second-order valence-corrected chi connectivity index (χ2v) is 5.58. The van der Waals surface area contributed by atoms with Crippen molar-refractivity contribution in [1.29, 1.82) is 0 Å². The van der Waals surface area contributed by atoms with Crippen LogP contribution in [0.3, 0.4) is 0 Å². The van der Waals surface area contributed by atoms with Crippen molar-refractivity contribution in [2.24, 2.45) is 0 Å². The van der Waals surface area contributed by atoms with Crippen molar-refractivity contribution in [2.45, 2.75) is 31.8 Å². The van der Waals surface area contributed by atoms with Crippen LogP contribution in [0.25, 0.3) is 0 Å². The standard InChI is InChI=1S/C11H23N3S/c1-10-9-13(8-7-12(10)2)11-3-5-14(15)6-4-11/h10-11,15H,3-9H2,1-2H3/t10-/m0/s1. The number of piperazine rings is 1. The van der Waals surface area contributed by atoms with E-state index in [1.165, 1.54) is 32.5 Å². The number of nitrogens with zero attached hydrogens (tertiary/aromatic N) is 3. The summed E-state index contributed by atoms with van der Waals surface area (Å²) < 4.78 is 2.15. The molecule has 2 aliphatic heterocycles. The number of likely N-dealkylation sites (N-methyl/N-ethyl adjacent to an activating group) is 1. The van der Waals surface area contributed by atoms with Crippen LogP contribution in [0.2, 0.25) is 0 Å². The summed E-state index contributed by atoms with van der Waals surface area (Å²) in [4.78, 5) is 5.15. The molecule has 0 aliphatic carbocycles. The molecule has 3 nitrogen and oxygen atoms in total. The Morgan fingerprint density at radius 3 is 2.33 bits per heavy atom. The van der Waals surface area contributed by atoms with Crippen LogP contribution in [0.5, 0.6) is 0 Å². The van der Waals surface area contributed by atoms with E-state index in [0.717, 1.165) is 19.1 Å². The van der Waals surface area contributed by atoms with Crippen LogP contribution >= 0.6 is 12.8 Å². The molecular formula is C11H23N3S. The van der Waals surface area contributed by atoms with E-state index in [1.807, 2.05) is 0 Å². The van der Waals surface area contributed by atoms with E-state index >= 15 is 0 Å². The molecule has 0 saturated carbocycles. The van der Waals surface area contributed by atoms with E-state index in [9.17, 15) is 0 Å². The maximum absolute atomic E-state index is 4.40. The first-order chi connectivity index (χ1) is 7.16. The second kappa shape index (κ2) is 5.04. The highest BCUT2D eigenvalue weighted by Crippen LogP contribution is 2.20. The zero-order valence-electron chi connectivity index (χ0n) is 9.89. The summed E-state index contributed by atoms with van der Waals surface area (Å²) in [5.41, 5.74) is 0. The molecule has 0 aromatic carbocycles. The van der Waals surface area contributed by atoms with Gasteiger partial charge in [-0.05, 0) is 26.8 Å². The molecule has 0 aromatic rings. The van der Waals surface area contributed by atoms with Gasteiger partial charge in [0.05, 0.1) is 0 Å². The maximum Gasteiger partial charge on any atom is 0.0192 e. The first-order valence-electron chi connectivity index (χ1n) is 6.05. The minimum atomic E-state index is 0.716. The minimum absolute atomic E-state index is 0.716. The van der Waals surface area contributed by atoms with Gasteiger partial charge in [-0.1, -0.05) is 12.8 Å². The van der Waals surface area contributed by atoms with Gasteiger partial charge in [0, 0.05) is 44.8 Å². The number of hydrogen-bond acceptors (Lipinski definition) is 4. The number of piperidine rings is 1. The van der Waals surface area contributed by atoms with Gasteiger partial charge in [-0.2, -0.15) is 0 Å². The highest BCUT2D eigenvalue weighted by atomic mass is 32.1. The molecule has 1 atom stereocenters. The maximum atomic E-state index is 4.40. The molecule has 2 heterocycles. The summed E-state index contributed by atoms with van der Waals surface area (Å²) in [5, 5.41) is 0. The van der Waals surface area contributed by atoms with Crippen LogP contribution in [0.4, 0.5) is 0 Å². The molecule has 0 aromatic heterocycles. The third kappa shape index (κ3) is 2.87. The van der Waals surface area contributed by atoms with E-state index in [2.05, 4.69) is 40.9 Å². The Morgan fingerprint density at radius 2 is 1.73 bits per heavy atom. The Labute approximate surface area is 98.9 Å². The second-order valence-electron chi connectivity index (χ2n) is 5.01. The Bertz CT molecular complexity index is 204. The largest absolute Gasteiger partial charge is 0.301 e. The van der Waals surface area contributed by atoms with Crippen LogP contribution in [-0.2, 0) is 0 Å². The van der Waals surface area contributed by atoms with E-state index in [-0.39, 0.29) is 0 Å². The van der Waals surface area contributed by atoms with Crippen molar-refractivity contribution in [2.75, 3.05) is 39.8 Å². The summed E-state index contributed by atoms with van der Waals surface area (Å²) in [6.45, 7) is 8.34. The average molecular weight is 229 g/mol. The third-order valence-corrected chi connectivity index (χ3v) is 4.35. The molecule has 0 bridgehead atoms. The normalized spacial score (nSPS) is 33.4. The topological polar surface area (TPSA) is 9.72 Å². The van der Waals surface area contributed by atoms with Crippen molar-refractivity contribution >= 4 is 12.8 Å².